The second kappa shape index (κ2) is 6.53. The van der Waals surface area contributed by atoms with Crippen molar-refractivity contribution in [2.45, 2.75) is 38.8 Å². The normalized spacial score (nSPS) is 14.3. The van der Waals surface area contributed by atoms with E-state index in [9.17, 15) is 0 Å². The molecule has 2 aromatic rings. The standard InChI is InChI=1S/C16H23N3/c1-4-8-16(14-9-6-5-7-10-14)18-13(2)15-11-17-19(3)12-15/h5-7,9-13,16,18H,4,8H2,1-3H3. The molecule has 0 aliphatic rings. The van der Waals surface area contributed by atoms with E-state index >= 15 is 0 Å². The number of nitrogens with one attached hydrogen (secondary N) is 1. The molecule has 0 aliphatic heterocycles. The summed E-state index contributed by atoms with van der Waals surface area (Å²) >= 11 is 0. The lowest BCUT2D eigenvalue weighted by atomic mass is 10.0. The van der Waals surface area contributed by atoms with Crippen LogP contribution in [0.25, 0.3) is 0 Å². The predicted octanol–water partition coefficient (Wildman–Crippen LogP) is 3.61. The van der Waals surface area contributed by atoms with Crippen LogP contribution in [0, 0.1) is 0 Å². The maximum atomic E-state index is 4.24. The first-order valence-corrected chi connectivity index (χ1v) is 7.00. The molecule has 0 spiro atoms. The molecule has 1 aromatic carbocycles. The first kappa shape index (κ1) is 13.8. The molecule has 1 N–H and O–H groups in total. The molecule has 0 amide bonds. The number of rotatable bonds is 6. The highest BCUT2D eigenvalue weighted by atomic mass is 15.2. The van der Waals surface area contributed by atoms with Crippen LogP contribution in [0.2, 0.25) is 0 Å². The Morgan fingerprint density at radius 2 is 1.95 bits per heavy atom. The molecule has 19 heavy (non-hydrogen) atoms. The lowest BCUT2D eigenvalue weighted by molar-refractivity contribution is 0.439. The van der Waals surface area contributed by atoms with Gasteiger partial charge in [-0.05, 0) is 18.9 Å². The van der Waals surface area contributed by atoms with Gasteiger partial charge >= 0.3 is 0 Å². The van der Waals surface area contributed by atoms with E-state index in [0.717, 1.165) is 6.42 Å². The van der Waals surface area contributed by atoms with Crippen molar-refractivity contribution in [3.05, 3.63) is 53.9 Å². The summed E-state index contributed by atoms with van der Waals surface area (Å²) in [6, 6.07) is 11.4. The van der Waals surface area contributed by atoms with Crippen molar-refractivity contribution in [1.82, 2.24) is 15.1 Å². The number of hydrogen-bond acceptors (Lipinski definition) is 2. The zero-order valence-corrected chi connectivity index (χ0v) is 12.0. The average Bonchev–Trinajstić information content (AvgIpc) is 2.86. The summed E-state index contributed by atoms with van der Waals surface area (Å²) in [5.41, 5.74) is 2.60. The van der Waals surface area contributed by atoms with Crippen LogP contribution < -0.4 is 5.32 Å². The summed E-state index contributed by atoms with van der Waals surface area (Å²) in [5, 5.41) is 7.95. The van der Waals surface area contributed by atoms with Gasteiger partial charge in [-0.15, -0.1) is 0 Å². The minimum Gasteiger partial charge on any atom is -0.303 e. The van der Waals surface area contributed by atoms with E-state index in [2.05, 4.69) is 60.8 Å². The van der Waals surface area contributed by atoms with Gasteiger partial charge in [0.2, 0.25) is 0 Å². The minimum absolute atomic E-state index is 0.311. The SMILES string of the molecule is CCCC(NC(C)c1cnn(C)c1)c1ccccc1. The van der Waals surface area contributed by atoms with Crippen molar-refractivity contribution < 1.29 is 0 Å². The molecular weight excluding hydrogens is 234 g/mol. The molecule has 1 aromatic heterocycles. The van der Waals surface area contributed by atoms with Crippen LogP contribution in [0.15, 0.2) is 42.7 Å². The highest BCUT2D eigenvalue weighted by Crippen LogP contribution is 2.23. The van der Waals surface area contributed by atoms with E-state index in [1.54, 1.807) is 0 Å². The minimum atomic E-state index is 0.311. The largest absolute Gasteiger partial charge is 0.303 e. The van der Waals surface area contributed by atoms with Crippen LogP contribution >= 0.6 is 0 Å². The van der Waals surface area contributed by atoms with Crippen LogP contribution in [-0.2, 0) is 7.05 Å². The molecule has 0 bridgehead atoms. The summed E-state index contributed by atoms with van der Waals surface area (Å²) in [5.74, 6) is 0. The summed E-state index contributed by atoms with van der Waals surface area (Å²) < 4.78 is 1.85. The fourth-order valence-corrected chi connectivity index (χ4v) is 2.38. The molecule has 2 unspecified atom stereocenters. The van der Waals surface area contributed by atoms with Crippen molar-refractivity contribution in [3.63, 3.8) is 0 Å². The van der Waals surface area contributed by atoms with E-state index in [1.165, 1.54) is 17.5 Å². The molecule has 102 valence electrons. The van der Waals surface area contributed by atoms with Gasteiger partial charge in [-0.2, -0.15) is 5.10 Å². The van der Waals surface area contributed by atoms with Gasteiger partial charge in [0.05, 0.1) is 6.20 Å². The van der Waals surface area contributed by atoms with Crippen molar-refractivity contribution in [3.8, 4) is 0 Å². The molecule has 3 heteroatoms. The van der Waals surface area contributed by atoms with E-state index in [-0.39, 0.29) is 0 Å². The van der Waals surface area contributed by atoms with Gasteiger partial charge in [0.1, 0.15) is 0 Å². The Bertz CT molecular complexity index is 490. The third kappa shape index (κ3) is 3.67. The lowest BCUT2D eigenvalue weighted by Crippen LogP contribution is -2.24. The monoisotopic (exact) mass is 257 g/mol. The molecule has 0 saturated heterocycles. The lowest BCUT2D eigenvalue weighted by Gasteiger charge is -2.23. The zero-order chi connectivity index (χ0) is 13.7. The van der Waals surface area contributed by atoms with E-state index < -0.39 is 0 Å². The van der Waals surface area contributed by atoms with Gasteiger partial charge in [0, 0.05) is 30.9 Å². The molecule has 0 saturated carbocycles. The Balaban J connectivity index is 2.08. The highest BCUT2D eigenvalue weighted by molar-refractivity contribution is 5.20. The fourth-order valence-electron chi connectivity index (χ4n) is 2.38. The van der Waals surface area contributed by atoms with Crippen molar-refractivity contribution in [2.75, 3.05) is 0 Å². The van der Waals surface area contributed by atoms with Crippen molar-refractivity contribution >= 4 is 0 Å². The first-order chi connectivity index (χ1) is 9.20. The second-order valence-electron chi connectivity index (χ2n) is 5.09. The molecule has 3 nitrogen and oxygen atoms in total. The Morgan fingerprint density at radius 3 is 2.53 bits per heavy atom. The topological polar surface area (TPSA) is 29.9 Å². The molecule has 0 fully saturated rings. The fraction of sp³-hybridized carbons (Fsp3) is 0.438. The molecule has 0 radical (unpaired) electrons. The highest BCUT2D eigenvalue weighted by Gasteiger charge is 2.15. The van der Waals surface area contributed by atoms with Crippen molar-refractivity contribution in [1.29, 1.82) is 0 Å². The zero-order valence-electron chi connectivity index (χ0n) is 12.0. The Kier molecular flexibility index (Phi) is 4.74. The maximum absolute atomic E-state index is 4.24. The van der Waals surface area contributed by atoms with E-state index in [4.69, 9.17) is 0 Å². The predicted molar refractivity (Wildman–Crippen MR) is 78.8 cm³/mol. The Hall–Kier alpha value is -1.61. The van der Waals surface area contributed by atoms with Crippen LogP contribution in [0.3, 0.4) is 0 Å². The number of hydrogen-bond donors (Lipinski definition) is 1. The average molecular weight is 257 g/mol. The summed E-state index contributed by atoms with van der Waals surface area (Å²) in [6.07, 6.45) is 6.33. The van der Waals surface area contributed by atoms with Gasteiger partial charge in [-0.25, -0.2) is 0 Å². The van der Waals surface area contributed by atoms with Crippen LogP contribution in [0.5, 0.6) is 0 Å². The molecule has 1 heterocycles. The number of benzene rings is 1. The van der Waals surface area contributed by atoms with E-state index in [1.807, 2.05) is 17.9 Å². The van der Waals surface area contributed by atoms with Gasteiger partial charge < -0.3 is 5.32 Å². The summed E-state index contributed by atoms with van der Waals surface area (Å²) in [4.78, 5) is 0. The molecule has 2 atom stereocenters. The van der Waals surface area contributed by atoms with E-state index in [0.29, 0.717) is 12.1 Å². The van der Waals surface area contributed by atoms with Crippen LogP contribution in [-0.4, -0.2) is 9.78 Å². The smallest absolute Gasteiger partial charge is 0.0537 e. The Labute approximate surface area is 115 Å². The van der Waals surface area contributed by atoms with Gasteiger partial charge in [0.25, 0.3) is 0 Å². The summed E-state index contributed by atoms with van der Waals surface area (Å²) in [7, 11) is 1.96. The number of aryl methyl sites for hydroxylation is 1. The Morgan fingerprint density at radius 1 is 1.21 bits per heavy atom. The summed E-state index contributed by atoms with van der Waals surface area (Å²) in [6.45, 7) is 4.43. The van der Waals surface area contributed by atoms with Gasteiger partial charge in [-0.1, -0.05) is 43.7 Å². The molecule has 0 aliphatic carbocycles. The second-order valence-corrected chi connectivity index (χ2v) is 5.09. The third-order valence-corrected chi connectivity index (χ3v) is 3.46. The van der Waals surface area contributed by atoms with Gasteiger partial charge in [-0.3, -0.25) is 4.68 Å². The van der Waals surface area contributed by atoms with Crippen LogP contribution in [0.1, 0.15) is 49.9 Å². The van der Waals surface area contributed by atoms with Gasteiger partial charge in [0.15, 0.2) is 0 Å². The van der Waals surface area contributed by atoms with Crippen molar-refractivity contribution in [2.24, 2.45) is 7.05 Å². The molecule has 2 rings (SSSR count). The van der Waals surface area contributed by atoms with Crippen LogP contribution in [0.4, 0.5) is 0 Å². The number of nitrogens with zero attached hydrogens (tertiary/aromatic N) is 2. The maximum Gasteiger partial charge on any atom is 0.0537 e. The quantitative estimate of drug-likeness (QED) is 0.856. The number of aromatic nitrogens is 2. The third-order valence-electron chi connectivity index (χ3n) is 3.46. The first-order valence-electron chi connectivity index (χ1n) is 7.00. The molecular formula is C16H23N3.